The quantitative estimate of drug-likeness (QED) is 0.666. The summed E-state index contributed by atoms with van der Waals surface area (Å²) in [5.74, 6) is 0.0938. The zero-order valence-electron chi connectivity index (χ0n) is 14.9. The first-order valence-corrected chi connectivity index (χ1v) is 8.49. The maximum atomic E-state index is 12.8. The van der Waals surface area contributed by atoms with Crippen molar-refractivity contribution in [1.29, 1.82) is 0 Å². The van der Waals surface area contributed by atoms with E-state index in [0.29, 0.717) is 17.1 Å². The smallest absolute Gasteiger partial charge is 0.321 e. The number of pyridine rings is 1. The third kappa shape index (κ3) is 3.19. The lowest BCUT2D eigenvalue weighted by Crippen LogP contribution is -2.31. The van der Waals surface area contributed by atoms with E-state index in [0.717, 1.165) is 11.3 Å². The fraction of sp³-hybridized carbons (Fsp3) is 0.200. The summed E-state index contributed by atoms with van der Waals surface area (Å²) in [6.45, 7) is 1.80. The number of rotatable bonds is 3. The Morgan fingerprint density at radius 1 is 1.15 bits per heavy atom. The van der Waals surface area contributed by atoms with Gasteiger partial charge in [0.2, 0.25) is 0 Å². The van der Waals surface area contributed by atoms with Gasteiger partial charge in [0.25, 0.3) is 5.56 Å². The van der Waals surface area contributed by atoms with E-state index in [4.69, 9.17) is 9.47 Å². The topological polar surface area (TPSA) is 83.3 Å². The number of fused-ring (bicyclic) bond motifs is 1. The number of nitrogens with zero attached hydrogens (tertiary/aromatic N) is 3. The summed E-state index contributed by atoms with van der Waals surface area (Å²) in [4.78, 5) is 33.0. The Bertz CT molecular complexity index is 1080. The molecule has 0 radical (unpaired) electrons. The SMILES string of the molecule is Cc1cc2c(c(=O)n1C)C(c1cccc(Oc3ncccn3)c1)CC(=O)O2. The molecule has 1 unspecified atom stereocenters. The number of hydrogen-bond donors (Lipinski definition) is 0. The number of esters is 1. The summed E-state index contributed by atoms with van der Waals surface area (Å²) in [5.41, 5.74) is 1.84. The fourth-order valence-electron chi connectivity index (χ4n) is 3.17. The van der Waals surface area contributed by atoms with Gasteiger partial charge >= 0.3 is 12.0 Å². The number of carbonyl (C=O) groups is 1. The van der Waals surface area contributed by atoms with Crippen molar-refractivity contribution in [2.75, 3.05) is 0 Å². The van der Waals surface area contributed by atoms with Gasteiger partial charge in [-0.25, -0.2) is 9.97 Å². The molecule has 3 aromatic rings. The molecule has 0 fully saturated rings. The van der Waals surface area contributed by atoms with Crippen LogP contribution in [-0.4, -0.2) is 20.5 Å². The number of benzene rings is 1. The summed E-state index contributed by atoms with van der Waals surface area (Å²) in [7, 11) is 1.71. The van der Waals surface area contributed by atoms with E-state index in [1.807, 2.05) is 12.1 Å². The van der Waals surface area contributed by atoms with Gasteiger partial charge in [-0.15, -0.1) is 0 Å². The molecule has 7 nitrogen and oxygen atoms in total. The Morgan fingerprint density at radius 2 is 1.93 bits per heavy atom. The summed E-state index contributed by atoms with van der Waals surface area (Å²) >= 11 is 0. The predicted molar refractivity (Wildman–Crippen MR) is 97.1 cm³/mol. The second kappa shape index (κ2) is 6.68. The summed E-state index contributed by atoms with van der Waals surface area (Å²) in [6.07, 6.45) is 3.27. The van der Waals surface area contributed by atoms with Crippen molar-refractivity contribution in [2.45, 2.75) is 19.3 Å². The van der Waals surface area contributed by atoms with Crippen LogP contribution in [0.25, 0.3) is 0 Å². The van der Waals surface area contributed by atoms with E-state index >= 15 is 0 Å². The van der Waals surface area contributed by atoms with E-state index < -0.39 is 5.92 Å². The number of aromatic nitrogens is 3. The minimum absolute atomic E-state index is 0.0938. The van der Waals surface area contributed by atoms with Crippen LogP contribution in [0.5, 0.6) is 17.5 Å². The highest BCUT2D eigenvalue weighted by molar-refractivity contribution is 5.77. The first kappa shape index (κ1) is 17.0. The van der Waals surface area contributed by atoms with Gasteiger partial charge in [0.15, 0.2) is 0 Å². The first-order chi connectivity index (χ1) is 13.0. The minimum Gasteiger partial charge on any atom is -0.426 e. The van der Waals surface area contributed by atoms with Crippen LogP contribution >= 0.6 is 0 Å². The molecular formula is C20H17N3O4. The zero-order valence-corrected chi connectivity index (χ0v) is 14.9. The van der Waals surface area contributed by atoms with Crippen LogP contribution < -0.4 is 15.0 Å². The van der Waals surface area contributed by atoms with Gasteiger partial charge in [-0.2, -0.15) is 0 Å². The molecule has 0 bridgehead atoms. The van der Waals surface area contributed by atoms with Crippen molar-refractivity contribution < 1.29 is 14.3 Å². The molecule has 7 heteroatoms. The molecule has 0 N–H and O–H groups in total. The van der Waals surface area contributed by atoms with E-state index in [2.05, 4.69) is 9.97 Å². The molecule has 1 aromatic carbocycles. The zero-order chi connectivity index (χ0) is 19.0. The normalized spacial score (nSPS) is 15.8. The maximum absolute atomic E-state index is 12.8. The highest BCUT2D eigenvalue weighted by Gasteiger charge is 2.32. The fourth-order valence-corrected chi connectivity index (χ4v) is 3.17. The summed E-state index contributed by atoms with van der Waals surface area (Å²) in [5, 5.41) is 0. The summed E-state index contributed by atoms with van der Waals surface area (Å²) in [6, 6.07) is 10.9. The third-order valence-electron chi connectivity index (χ3n) is 4.62. The third-order valence-corrected chi connectivity index (χ3v) is 4.62. The number of hydrogen-bond acceptors (Lipinski definition) is 6. The average Bonchev–Trinajstić information content (AvgIpc) is 2.66. The summed E-state index contributed by atoms with van der Waals surface area (Å²) < 4.78 is 12.6. The van der Waals surface area contributed by atoms with E-state index in [1.54, 1.807) is 55.2 Å². The Hall–Kier alpha value is -3.48. The van der Waals surface area contributed by atoms with Crippen LogP contribution in [0.4, 0.5) is 0 Å². The molecule has 4 rings (SSSR count). The monoisotopic (exact) mass is 363 g/mol. The van der Waals surface area contributed by atoms with Crippen molar-refractivity contribution >= 4 is 5.97 Å². The van der Waals surface area contributed by atoms with Crippen LogP contribution in [0.15, 0.2) is 53.6 Å². The highest BCUT2D eigenvalue weighted by Crippen LogP contribution is 2.38. The Kier molecular flexibility index (Phi) is 4.19. The molecule has 1 atom stereocenters. The number of carbonyl (C=O) groups excluding carboxylic acids is 1. The largest absolute Gasteiger partial charge is 0.426 e. The molecular weight excluding hydrogens is 346 g/mol. The molecule has 1 aliphatic rings. The van der Waals surface area contributed by atoms with Gasteiger partial charge in [-0.1, -0.05) is 12.1 Å². The lowest BCUT2D eigenvalue weighted by atomic mass is 9.87. The second-order valence-corrected chi connectivity index (χ2v) is 6.36. The van der Waals surface area contributed by atoms with Crippen LogP contribution in [0.3, 0.4) is 0 Å². The Morgan fingerprint density at radius 3 is 2.70 bits per heavy atom. The van der Waals surface area contributed by atoms with Crippen LogP contribution in [0, 0.1) is 6.92 Å². The van der Waals surface area contributed by atoms with Gasteiger partial charge in [-0.3, -0.25) is 9.59 Å². The van der Waals surface area contributed by atoms with Crippen molar-refractivity contribution in [2.24, 2.45) is 7.05 Å². The molecule has 27 heavy (non-hydrogen) atoms. The van der Waals surface area contributed by atoms with Gasteiger partial charge in [0, 0.05) is 37.1 Å². The lowest BCUT2D eigenvalue weighted by molar-refractivity contribution is -0.135. The maximum Gasteiger partial charge on any atom is 0.321 e. The first-order valence-electron chi connectivity index (χ1n) is 8.49. The lowest BCUT2D eigenvalue weighted by Gasteiger charge is -2.25. The molecule has 0 amide bonds. The Labute approximate surface area is 155 Å². The second-order valence-electron chi connectivity index (χ2n) is 6.36. The van der Waals surface area contributed by atoms with E-state index in [1.165, 1.54) is 0 Å². The molecule has 1 aliphatic heterocycles. The van der Waals surface area contributed by atoms with Crippen molar-refractivity contribution in [3.63, 3.8) is 0 Å². The molecule has 3 heterocycles. The van der Waals surface area contributed by atoms with Gasteiger partial charge in [-0.05, 0) is 30.7 Å². The molecule has 136 valence electrons. The molecule has 0 saturated heterocycles. The molecule has 0 aliphatic carbocycles. The van der Waals surface area contributed by atoms with Crippen LogP contribution in [-0.2, 0) is 11.8 Å². The minimum atomic E-state index is -0.402. The van der Waals surface area contributed by atoms with Crippen molar-refractivity contribution in [3.05, 3.63) is 76.0 Å². The van der Waals surface area contributed by atoms with Gasteiger partial charge in [0.1, 0.15) is 11.5 Å². The van der Waals surface area contributed by atoms with E-state index in [9.17, 15) is 9.59 Å². The van der Waals surface area contributed by atoms with Crippen molar-refractivity contribution in [1.82, 2.24) is 14.5 Å². The van der Waals surface area contributed by atoms with Crippen LogP contribution in [0.1, 0.15) is 29.2 Å². The van der Waals surface area contributed by atoms with Gasteiger partial charge in [0.05, 0.1) is 12.0 Å². The highest BCUT2D eigenvalue weighted by atomic mass is 16.5. The average molecular weight is 363 g/mol. The Balaban J connectivity index is 1.77. The number of aryl methyl sites for hydroxylation is 1. The van der Waals surface area contributed by atoms with Crippen LogP contribution in [0.2, 0.25) is 0 Å². The van der Waals surface area contributed by atoms with E-state index in [-0.39, 0.29) is 24.0 Å². The molecule has 2 aromatic heterocycles. The van der Waals surface area contributed by atoms with Gasteiger partial charge < -0.3 is 14.0 Å². The number of ether oxygens (including phenoxy) is 2. The predicted octanol–water partition coefficient (Wildman–Crippen LogP) is 2.72. The molecule has 0 spiro atoms. The molecule has 0 saturated carbocycles. The standard InChI is InChI=1S/C20H17N3O4/c1-12-9-16-18(19(25)23(12)2)15(11-17(24)27-16)13-5-3-6-14(10-13)26-20-21-7-4-8-22-20/h3-10,15H,11H2,1-2H3. The van der Waals surface area contributed by atoms with Crippen molar-refractivity contribution in [3.8, 4) is 17.5 Å².